The third-order valence-electron chi connectivity index (χ3n) is 6.03. The smallest absolute Gasteiger partial charge is 0.416 e. The molecule has 1 aliphatic heterocycles. The molecule has 198 valence electrons. The van der Waals surface area contributed by atoms with Crippen molar-refractivity contribution in [3.63, 3.8) is 0 Å². The SMILES string of the molecule is COc1cc(C2CCN(C(=O)[C@@H](OC(C)=O)c3ccccc3)CC2)c(C(F)(F)F)cc1C(=O)NC(=N)N. The lowest BCUT2D eigenvalue weighted by Gasteiger charge is -2.35. The van der Waals surface area contributed by atoms with Crippen LogP contribution in [-0.4, -0.2) is 48.8 Å². The van der Waals surface area contributed by atoms with Gasteiger partial charge in [-0.05, 0) is 36.5 Å². The predicted octanol–water partition coefficient (Wildman–Crippen LogP) is 3.35. The molecule has 2 aromatic rings. The van der Waals surface area contributed by atoms with E-state index in [1.807, 2.05) is 5.32 Å². The maximum Gasteiger partial charge on any atom is 0.416 e. The Balaban J connectivity index is 1.86. The van der Waals surface area contributed by atoms with Crippen molar-refractivity contribution in [2.24, 2.45) is 5.73 Å². The average molecular weight is 521 g/mol. The highest BCUT2D eigenvalue weighted by molar-refractivity contribution is 6.06. The predicted molar refractivity (Wildman–Crippen MR) is 127 cm³/mol. The van der Waals surface area contributed by atoms with Crippen molar-refractivity contribution in [2.45, 2.75) is 38.0 Å². The van der Waals surface area contributed by atoms with Gasteiger partial charge in [-0.3, -0.25) is 25.1 Å². The van der Waals surface area contributed by atoms with Gasteiger partial charge in [-0.1, -0.05) is 30.3 Å². The van der Waals surface area contributed by atoms with E-state index in [0.717, 1.165) is 0 Å². The lowest BCUT2D eigenvalue weighted by molar-refractivity contribution is -0.159. The summed E-state index contributed by atoms with van der Waals surface area (Å²) < 4.78 is 52.5. The number of rotatable bonds is 6. The van der Waals surface area contributed by atoms with Gasteiger partial charge in [0.25, 0.3) is 11.8 Å². The standard InChI is InChI=1S/C25H27F3N4O5/c1-14(33)37-21(16-6-4-3-5-7-16)23(35)32-10-8-15(9-11-32)17-13-20(36-2)18(22(34)31-24(29)30)12-19(17)25(26,27)28/h3-7,12-13,15,21H,8-11H2,1-2H3,(H4,29,30,31,34)/t21-/m0/s1. The minimum absolute atomic E-state index is 0.0598. The maximum absolute atomic E-state index is 14.0. The number of nitrogens with one attached hydrogen (secondary N) is 2. The van der Waals surface area contributed by atoms with Crippen molar-refractivity contribution >= 4 is 23.7 Å². The van der Waals surface area contributed by atoms with Gasteiger partial charge in [-0.25, -0.2) is 0 Å². The number of amides is 2. The van der Waals surface area contributed by atoms with Crippen molar-refractivity contribution in [2.75, 3.05) is 20.2 Å². The molecule has 1 atom stereocenters. The highest BCUT2D eigenvalue weighted by Crippen LogP contribution is 2.42. The molecule has 12 heteroatoms. The van der Waals surface area contributed by atoms with E-state index in [2.05, 4.69) is 0 Å². The fraction of sp³-hybridized carbons (Fsp3) is 0.360. The number of esters is 1. The third-order valence-corrected chi connectivity index (χ3v) is 6.03. The largest absolute Gasteiger partial charge is 0.496 e. The molecule has 2 aromatic carbocycles. The van der Waals surface area contributed by atoms with Crippen molar-refractivity contribution in [1.29, 1.82) is 5.41 Å². The van der Waals surface area contributed by atoms with Crippen LogP contribution in [0.4, 0.5) is 13.2 Å². The number of nitrogens with zero attached hydrogens (tertiary/aromatic N) is 1. The number of carbonyl (C=O) groups excluding carboxylic acids is 3. The number of nitrogens with two attached hydrogens (primary N) is 1. The first kappa shape index (κ1) is 27.5. The summed E-state index contributed by atoms with van der Waals surface area (Å²) in [4.78, 5) is 38.6. The molecule has 0 aliphatic carbocycles. The van der Waals surface area contributed by atoms with Crippen LogP contribution in [0, 0.1) is 5.41 Å². The molecule has 1 heterocycles. The molecule has 0 unspecified atom stereocenters. The molecule has 1 fully saturated rings. The lowest BCUT2D eigenvalue weighted by atomic mass is 9.85. The molecule has 0 aromatic heterocycles. The van der Waals surface area contributed by atoms with Gasteiger partial charge >= 0.3 is 12.1 Å². The Morgan fingerprint density at radius 2 is 1.76 bits per heavy atom. The number of hydrogen-bond acceptors (Lipinski definition) is 6. The Labute approximate surface area is 211 Å². The Morgan fingerprint density at radius 3 is 2.27 bits per heavy atom. The van der Waals surface area contributed by atoms with Gasteiger partial charge < -0.3 is 20.1 Å². The van der Waals surface area contributed by atoms with E-state index in [9.17, 15) is 27.6 Å². The number of likely N-dealkylation sites (tertiary alicyclic amines) is 1. The van der Waals surface area contributed by atoms with Gasteiger partial charge in [-0.15, -0.1) is 0 Å². The molecule has 0 spiro atoms. The normalized spacial score (nSPS) is 15.0. The Morgan fingerprint density at radius 1 is 1.14 bits per heavy atom. The van der Waals surface area contributed by atoms with Crippen molar-refractivity contribution in [1.82, 2.24) is 10.2 Å². The number of benzene rings is 2. The quantitative estimate of drug-likeness (QED) is 0.304. The maximum atomic E-state index is 14.0. The van der Waals surface area contributed by atoms with Gasteiger partial charge in [0.05, 0.1) is 18.2 Å². The second-order valence-corrected chi connectivity index (χ2v) is 8.51. The summed E-state index contributed by atoms with van der Waals surface area (Å²) in [5.74, 6) is -3.48. The van der Waals surface area contributed by atoms with Crippen LogP contribution < -0.4 is 15.8 Å². The van der Waals surface area contributed by atoms with E-state index in [4.69, 9.17) is 20.6 Å². The van der Waals surface area contributed by atoms with Crippen molar-refractivity contribution < 1.29 is 37.0 Å². The van der Waals surface area contributed by atoms with E-state index < -0.39 is 53.1 Å². The first-order chi connectivity index (χ1) is 17.4. The summed E-state index contributed by atoms with van der Waals surface area (Å²) in [5.41, 5.74) is 4.16. The van der Waals surface area contributed by atoms with Gasteiger partial charge in [-0.2, -0.15) is 13.2 Å². The van der Waals surface area contributed by atoms with E-state index in [-0.39, 0.29) is 37.2 Å². The molecule has 2 amide bonds. The topological polar surface area (TPSA) is 135 Å². The average Bonchev–Trinajstić information content (AvgIpc) is 2.85. The fourth-order valence-electron chi connectivity index (χ4n) is 4.35. The molecular weight excluding hydrogens is 493 g/mol. The summed E-state index contributed by atoms with van der Waals surface area (Å²) >= 11 is 0. The number of guanidine groups is 1. The van der Waals surface area contributed by atoms with Crippen LogP contribution >= 0.6 is 0 Å². The Kier molecular flexibility index (Phi) is 8.41. The highest BCUT2D eigenvalue weighted by Gasteiger charge is 2.39. The van der Waals surface area contributed by atoms with Crippen LogP contribution in [0.15, 0.2) is 42.5 Å². The number of carbonyl (C=O) groups is 3. The third kappa shape index (κ3) is 6.57. The van der Waals surface area contributed by atoms with Gasteiger partial charge in [0.15, 0.2) is 5.96 Å². The van der Waals surface area contributed by atoms with Crippen LogP contribution in [-0.2, 0) is 20.5 Å². The Bertz CT molecular complexity index is 1180. The number of alkyl halides is 3. The zero-order valence-electron chi connectivity index (χ0n) is 20.2. The van der Waals surface area contributed by atoms with Crippen molar-refractivity contribution in [3.05, 3.63) is 64.7 Å². The number of halogens is 3. The molecule has 4 N–H and O–H groups in total. The van der Waals surface area contributed by atoms with Gasteiger partial charge in [0.2, 0.25) is 6.10 Å². The zero-order chi connectivity index (χ0) is 27.3. The van der Waals surface area contributed by atoms with Crippen LogP contribution in [0.3, 0.4) is 0 Å². The minimum Gasteiger partial charge on any atom is -0.496 e. The van der Waals surface area contributed by atoms with E-state index >= 15 is 0 Å². The zero-order valence-corrected chi connectivity index (χ0v) is 20.2. The number of ether oxygens (including phenoxy) is 2. The van der Waals surface area contributed by atoms with E-state index in [1.54, 1.807) is 30.3 Å². The van der Waals surface area contributed by atoms with Crippen LogP contribution in [0.5, 0.6) is 5.75 Å². The van der Waals surface area contributed by atoms with Gasteiger partial charge in [0, 0.05) is 25.6 Å². The molecular formula is C25H27F3N4O5. The van der Waals surface area contributed by atoms with Crippen LogP contribution in [0.1, 0.15) is 58.8 Å². The second-order valence-electron chi connectivity index (χ2n) is 8.51. The van der Waals surface area contributed by atoms with Crippen LogP contribution in [0.2, 0.25) is 0 Å². The second kappa shape index (κ2) is 11.3. The molecule has 0 bridgehead atoms. The fourth-order valence-corrected chi connectivity index (χ4v) is 4.35. The van der Waals surface area contributed by atoms with E-state index in [0.29, 0.717) is 11.6 Å². The number of methoxy groups -OCH3 is 1. The molecule has 9 nitrogen and oxygen atoms in total. The molecule has 37 heavy (non-hydrogen) atoms. The summed E-state index contributed by atoms with van der Waals surface area (Å²) in [6.45, 7) is 1.47. The summed E-state index contributed by atoms with van der Waals surface area (Å²) in [5, 5.41) is 9.14. The van der Waals surface area contributed by atoms with Crippen molar-refractivity contribution in [3.8, 4) is 5.75 Å². The molecule has 0 radical (unpaired) electrons. The Hall–Kier alpha value is -4.09. The summed E-state index contributed by atoms with van der Waals surface area (Å²) in [6.07, 6.45) is -5.51. The molecule has 1 aliphatic rings. The number of piperidine rings is 1. The van der Waals surface area contributed by atoms with Crippen LogP contribution in [0.25, 0.3) is 0 Å². The number of hydrogen-bond donors (Lipinski definition) is 3. The molecule has 0 saturated carbocycles. The first-order valence-corrected chi connectivity index (χ1v) is 11.4. The highest BCUT2D eigenvalue weighted by atomic mass is 19.4. The first-order valence-electron chi connectivity index (χ1n) is 11.4. The minimum atomic E-state index is -4.77. The van der Waals surface area contributed by atoms with Gasteiger partial charge in [0.1, 0.15) is 5.75 Å². The lowest BCUT2D eigenvalue weighted by Crippen LogP contribution is -2.42. The van der Waals surface area contributed by atoms with E-state index in [1.165, 1.54) is 25.0 Å². The molecule has 1 saturated heterocycles. The summed E-state index contributed by atoms with van der Waals surface area (Å²) in [6, 6.07) is 10.3. The summed E-state index contributed by atoms with van der Waals surface area (Å²) in [7, 11) is 1.22. The molecule has 3 rings (SSSR count). The monoisotopic (exact) mass is 520 g/mol.